The summed E-state index contributed by atoms with van der Waals surface area (Å²) in [5.74, 6) is 2.23. The first-order valence-corrected chi connectivity index (χ1v) is 8.28. The SMILES string of the molecule is CCNC(=NCCCOCC(C)C)N(C)CC1CCOC1.I. The van der Waals surface area contributed by atoms with E-state index in [0.717, 1.165) is 64.9 Å². The van der Waals surface area contributed by atoms with Crippen molar-refractivity contribution in [1.29, 1.82) is 0 Å². The summed E-state index contributed by atoms with van der Waals surface area (Å²) in [5.41, 5.74) is 0. The molecule has 1 aliphatic heterocycles. The number of rotatable bonds is 9. The van der Waals surface area contributed by atoms with E-state index in [1.165, 1.54) is 0 Å². The highest BCUT2D eigenvalue weighted by Gasteiger charge is 2.18. The molecule has 0 amide bonds. The molecule has 0 spiro atoms. The van der Waals surface area contributed by atoms with Crippen molar-refractivity contribution in [2.45, 2.75) is 33.6 Å². The zero-order valence-corrected chi connectivity index (χ0v) is 17.0. The predicted octanol–water partition coefficient (Wildman–Crippen LogP) is 2.60. The van der Waals surface area contributed by atoms with E-state index in [0.29, 0.717) is 11.8 Å². The van der Waals surface area contributed by atoms with Crippen molar-refractivity contribution in [3.8, 4) is 0 Å². The molecule has 6 heteroatoms. The summed E-state index contributed by atoms with van der Waals surface area (Å²) in [6.07, 6.45) is 2.13. The molecule has 22 heavy (non-hydrogen) atoms. The second-order valence-electron chi connectivity index (χ2n) is 6.17. The summed E-state index contributed by atoms with van der Waals surface area (Å²) in [6.45, 7) is 12.6. The Morgan fingerprint density at radius 2 is 2.23 bits per heavy atom. The van der Waals surface area contributed by atoms with E-state index in [4.69, 9.17) is 9.47 Å². The first-order chi connectivity index (χ1) is 10.1. The summed E-state index contributed by atoms with van der Waals surface area (Å²) in [6, 6.07) is 0. The average molecular weight is 427 g/mol. The standard InChI is InChI=1S/C16H33N3O2.HI/c1-5-17-16(18-8-6-9-20-12-14(2)3)19(4)11-15-7-10-21-13-15;/h14-15H,5-13H2,1-4H3,(H,17,18);1H. The zero-order valence-electron chi connectivity index (χ0n) is 14.6. The average Bonchev–Trinajstić information content (AvgIpc) is 2.93. The number of guanidine groups is 1. The van der Waals surface area contributed by atoms with E-state index < -0.39 is 0 Å². The maximum atomic E-state index is 5.59. The Bertz CT molecular complexity index is 295. The Labute approximate surface area is 153 Å². The van der Waals surface area contributed by atoms with E-state index in [1.54, 1.807) is 0 Å². The lowest BCUT2D eigenvalue weighted by atomic mass is 10.1. The molecule has 132 valence electrons. The molecule has 1 fully saturated rings. The van der Waals surface area contributed by atoms with Crippen LogP contribution in [0.15, 0.2) is 4.99 Å². The van der Waals surface area contributed by atoms with Crippen molar-refractivity contribution >= 4 is 29.9 Å². The molecule has 0 bridgehead atoms. The lowest BCUT2D eigenvalue weighted by Gasteiger charge is -2.24. The van der Waals surface area contributed by atoms with Crippen LogP contribution in [0.4, 0.5) is 0 Å². The van der Waals surface area contributed by atoms with Gasteiger partial charge in [-0.15, -0.1) is 24.0 Å². The lowest BCUT2D eigenvalue weighted by Crippen LogP contribution is -2.41. The van der Waals surface area contributed by atoms with Crippen LogP contribution in [-0.4, -0.2) is 64.0 Å². The molecule has 1 atom stereocenters. The maximum Gasteiger partial charge on any atom is 0.193 e. The topological polar surface area (TPSA) is 46.1 Å². The molecule has 5 nitrogen and oxygen atoms in total. The first-order valence-electron chi connectivity index (χ1n) is 8.28. The Hall–Kier alpha value is -0.0800. The molecule has 0 saturated carbocycles. The second kappa shape index (κ2) is 13.4. The molecule has 1 rings (SSSR count). The van der Waals surface area contributed by atoms with Crippen molar-refractivity contribution in [2.24, 2.45) is 16.8 Å². The molecule has 1 unspecified atom stereocenters. The molecule has 1 N–H and O–H groups in total. The van der Waals surface area contributed by atoms with Crippen molar-refractivity contribution in [3.05, 3.63) is 0 Å². The molecule has 1 heterocycles. The zero-order chi connectivity index (χ0) is 15.5. The number of aliphatic imine (C=N–C) groups is 1. The second-order valence-corrected chi connectivity index (χ2v) is 6.17. The summed E-state index contributed by atoms with van der Waals surface area (Å²) in [4.78, 5) is 6.90. The molecule has 0 radical (unpaired) electrons. The molecule has 0 aromatic carbocycles. The predicted molar refractivity (Wildman–Crippen MR) is 103 cm³/mol. The van der Waals surface area contributed by atoms with Crippen LogP contribution in [0.2, 0.25) is 0 Å². The number of halogens is 1. The third-order valence-electron chi connectivity index (χ3n) is 3.41. The Kier molecular flexibility index (Phi) is 13.3. The van der Waals surface area contributed by atoms with Gasteiger partial charge in [0.15, 0.2) is 5.96 Å². The van der Waals surface area contributed by atoms with Gasteiger partial charge in [-0.1, -0.05) is 13.8 Å². The molecule has 0 aliphatic carbocycles. The van der Waals surface area contributed by atoms with Gasteiger partial charge in [0.25, 0.3) is 0 Å². The minimum atomic E-state index is 0. The number of nitrogens with one attached hydrogen (secondary N) is 1. The van der Waals surface area contributed by atoms with Crippen molar-refractivity contribution < 1.29 is 9.47 Å². The highest BCUT2D eigenvalue weighted by molar-refractivity contribution is 14.0. The number of ether oxygens (including phenoxy) is 2. The van der Waals surface area contributed by atoms with Crippen LogP contribution in [0, 0.1) is 11.8 Å². The number of hydrogen-bond donors (Lipinski definition) is 1. The smallest absolute Gasteiger partial charge is 0.193 e. The van der Waals surface area contributed by atoms with Crippen LogP contribution in [-0.2, 0) is 9.47 Å². The summed E-state index contributed by atoms with van der Waals surface area (Å²) in [7, 11) is 2.11. The fraction of sp³-hybridized carbons (Fsp3) is 0.938. The van der Waals surface area contributed by atoms with Gasteiger partial charge in [-0.3, -0.25) is 4.99 Å². The van der Waals surface area contributed by atoms with E-state index in [9.17, 15) is 0 Å². The van der Waals surface area contributed by atoms with Gasteiger partial charge in [0, 0.05) is 52.4 Å². The summed E-state index contributed by atoms with van der Waals surface area (Å²) >= 11 is 0. The van der Waals surface area contributed by atoms with Crippen LogP contribution >= 0.6 is 24.0 Å². The third-order valence-corrected chi connectivity index (χ3v) is 3.41. The van der Waals surface area contributed by atoms with Crippen LogP contribution < -0.4 is 5.32 Å². The minimum Gasteiger partial charge on any atom is -0.381 e. The van der Waals surface area contributed by atoms with Crippen LogP contribution in [0.1, 0.15) is 33.6 Å². The molecule has 0 aromatic heterocycles. The highest BCUT2D eigenvalue weighted by Crippen LogP contribution is 2.13. The van der Waals surface area contributed by atoms with Crippen LogP contribution in [0.25, 0.3) is 0 Å². The van der Waals surface area contributed by atoms with Crippen molar-refractivity contribution in [3.63, 3.8) is 0 Å². The Morgan fingerprint density at radius 1 is 1.45 bits per heavy atom. The van der Waals surface area contributed by atoms with Crippen molar-refractivity contribution in [1.82, 2.24) is 10.2 Å². The normalized spacial score (nSPS) is 18.4. The molecule has 0 aromatic rings. The van der Waals surface area contributed by atoms with Gasteiger partial charge in [0.05, 0.1) is 6.61 Å². The third kappa shape index (κ3) is 9.84. The largest absolute Gasteiger partial charge is 0.381 e. The summed E-state index contributed by atoms with van der Waals surface area (Å²) in [5, 5.41) is 3.36. The molecular formula is C16H34IN3O2. The van der Waals surface area contributed by atoms with Gasteiger partial charge in [-0.2, -0.15) is 0 Å². The van der Waals surface area contributed by atoms with Crippen LogP contribution in [0.5, 0.6) is 0 Å². The van der Waals surface area contributed by atoms with E-state index >= 15 is 0 Å². The highest BCUT2D eigenvalue weighted by atomic mass is 127. The van der Waals surface area contributed by atoms with E-state index in [1.807, 2.05) is 0 Å². The van der Waals surface area contributed by atoms with Gasteiger partial charge in [0.1, 0.15) is 0 Å². The Balaban J connectivity index is 0.00000441. The summed E-state index contributed by atoms with van der Waals surface area (Å²) < 4.78 is 11.0. The number of nitrogens with zero attached hydrogens (tertiary/aromatic N) is 2. The van der Waals surface area contributed by atoms with Gasteiger partial charge in [-0.25, -0.2) is 0 Å². The minimum absolute atomic E-state index is 0. The molecule has 1 saturated heterocycles. The monoisotopic (exact) mass is 427 g/mol. The van der Waals surface area contributed by atoms with Crippen LogP contribution in [0.3, 0.4) is 0 Å². The maximum absolute atomic E-state index is 5.59. The Morgan fingerprint density at radius 3 is 2.82 bits per heavy atom. The van der Waals surface area contributed by atoms with E-state index in [2.05, 4.69) is 43.0 Å². The lowest BCUT2D eigenvalue weighted by molar-refractivity contribution is 0.109. The number of hydrogen-bond acceptors (Lipinski definition) is 3. The van der Waals surface area contributed by atoms with Gasteiger partial charge < -0.3 is 19.7 Å². The fourth-order valence-electron chi connectivity index (χ4n) is 2.34. The molecular weight excluding hydrogens is 393 g/mol. The van der Waals surface area contributed by atoms with Crippen molar-refractivity contribution in [2.75, 3.05) is 53.1 Å². The quantitative estimate of drug-likeness (QED) is 0.266. The molecule has 1 aliphatic rings. The van der Waals surface area contributed by atoms with Gasteiger partial charge in [-0.05, 0) is 25.7 Å². The van der Waals surface area contributed by atoms with E-state index in [-0.39, 0.29) is 24.0 Å². The van der Waals surface area contributed by atoms with Gasteiger partial charge in [0.2, 0.25) is 0 Å². The van der Waals surface area contributed by atoms with Gasteiger partial charge >= 0.3 is 0 Å². The first kappa shape index (κ1) is 21.9. The fourth-order valence-corrected chi connectivity index (χ4v) is 2.34.